The van der Waals surface area contributed by atoms with E-state index in [4.69, 9.17) is 23.2 Å². The Kier molecular flexibility index (Phi) is 3.97. The zero-order valence-corrected chi connectivity index (χ0v) is 10.6. The van der Waals surface area contributed by atoms with Crippen LogP contribution in [0.25, 0.3) is 0 Å². The minimum atomic E-state index is -4.64. The van der Waals surface area contributed by atoms with Gasteiger partial charge in [-0.15, -0.1) is 0 Å². The highest BCUT2D eigenvalue weighted by Gasteiger charge is 2.33. The molecule has 0 bridgehead atoms. The van der Waals surface area contributed by atoms with Gasteiger partial charge in [0.25, 0.3) is 0 Å². The molecular weight excluding hydrogens is 302 g/mol. The zero-order chi connectivity index (χ0) is 13.4. The zero-order valence-electron chi connectivity index (χ0n) is 8.27. The average molecular weight is 308 g/mol. The van der Waals surface area contributed by atoms with Crippen LogP contribution in [0.4, 0.5) is 13.2 Å². The second kappa shape index (κ2) is 4.64. The second-order valence-electron chi connectivity index (χ2n) is 2.97. The van der Waals surface area contributed by atoms with Crippen molar-refractivity contribution in [2.75, 3.05) is 7.05 Å². The molecule has 0 amide bonds. The Morgan fingerprint density at radius 3 is 1.88 bits per heavy atom. The molecular formula is C8H6Cl2F3NO2S. The lowest BCUT2D eigenvalue weighted by Gasteiger charge is -2.12. The van der Waals surface area contributed by atoms with Crippen molar-refractivity contribution in [2.24, 2.45) is 0 Å². The fourth-order valence-electron chi connectivity index (χ4n) is 1.08. The summed E-state index contributed by atoms with van der Waals surface area (Å²) in [4.78, 5) is -0.573. The van der Waals surface area contributed by atoms with Gasteiger partial charge in [-0.05, 0) is 19.2 Å². The standard InChI is InChI=1S/C8H6Cl2F3NO2S/c1-14-17(15,16)7-5(9)2-4(3-6(7)10)8(11,12)13/h2-3,14H,1H3. The van der Waals surface area contributed by atoms with Crippen molar-refractivity contribution in [1.29, 1.82) is 0 Å². The van der Waals surface area contributed by atoms with Crippen LogP contribution in [0, 0.1) is 0 Å². The third-order valence-corrected chi connectivity index (χ3v) is 4.20. The average Bonchev–Trinajstić information content (AvgIpc) is 2.14. The molecule has 0 saturated heterocycles. The van der Waals surface area contributed by atoms with E-state index in [1.165, 1.54) is 0 Å². The predicted molar refractivity (Wildman–Crippen MR) is 57.7 cm³/mol. The van der Waals surface area contributed by atoms with Gasteiger partial charge in [0, 0.05) is 0 Å². The Bertz CT molecular complexity index is 519. The van der Waals surface area contributed by atoms with Crippen molar-refractivity contribution < 1.29 is 21.6 Å². The number of hydrogen-bond acceptors (Lipinski definition) is 2. The summed E-state index contributed by atoms with van der Waals surface area (Å²) >= 11 is 11.0. The van der Waals surface area contributed by atoms with Crippen LogP contribution in [-0.2, 0) is 16.2 Å². The smallest absolute Gasteiger partial charge is 0.214 e. The molecule has 1 rings (SSSR count). The fraction of sp³-hybridized carbons (Fsp3) is 0.250. The van der Waals surface area contributed by atoms with E-state index in [1.807, 2.05) is 4.72 Å². The molecule has 96 valence electrons. The van der Waals surface area contributed by atoms with Gasteiger partial charge < -0.3 is 0 Å². The summed E-state index contributed by atoms with van der Waals surface area (Å²) in [5.41, 5.74) is -1.11. The minimum Gasteiger partial charge on any atom is -0.214 e. The molecule has 17 heavy (non-hydrogen) atoms. The molecule has 0 unspecified atom stereocenters. The Morgan fingerprint density at radius 1 is 1.18 bits per heavy atom. The summed E-state index contributed by atoms with van der Waals surface area (Å²) in [6, 6.07) is 1.02. The summed E-state index contributed by atoms with van der Waals surface area (Å²) in [7, 11) is -2.91. The van der Waals surface area contributed by atoms with Gasteiger partial charge in [0.15, 0.2) is 0 Å². The normalized spacial score (nSPS) is 12.8. The van der Waals surface area contributed by atoms with Gasteiger partial charge in [0.2, 0.25) is 10.0 Å². The Morgan fingerprint density at radius 2 is 1.59 bits per heavy atom. The molecule has 9 heteroatoms. The lowest BCUT2D eigenvalue weighted by molar-refractivity contribution is -0.137. The Balaban J connectivity index is 3.51. The van der Waals surface area contributed by atoms with Crippen LogP contribution in [0.15, 0.2) is 17.0 Å². The van der Waals surface area contributed by atoms with Crippen LogP contribution in [-0.4, -0.2) is 15.5 Å². The monoisotopic (exact) mass is 307 g/mol. The van der Waals surface area contributed by atoms with E-state index in [0.29, 0.717) is 12.1 Å². The number of halogens is 5. The third-order valence-electron chi connectivity index (χ3n) is 1.86. The number of sulfonamides is 1. The molecule has 1 N–H and O–H groups in total. The lowest BCUT2D eigenvalue weighted by Crippen LogP contribution is -2.20. The largest absolute Gasteiger partial charge is 0.416 e. The molecule has 0 fully saturated rings. The van der Waals surface area contributed by atoms with Crippen LogP contribution in [0.5, 0.6) is 0 Å². The highest BCUT2D eigenvalue weighted by molar-refractivity contribution is 7.89. The van der Waals surface area contributed by atoms with Gasteiger partial charge >= 0.3 is 6.18 Å². The van der Waals surface area contributed by atoms with Crippen molar-refractivity contribution in [3.8, 4) is 0 Å². The van der Waals surface area contributed by atoms with Crippen molar-refractivity contribution in [3.63, 3.8) is 0 Å². The lowest BCUT2D eigenvalue weighted by atomic mass is 10.2. The molecule has 0 aliphatic heterocycles. The van der Waals surface area contributed by atoms with E-state index < -0.39 is 36.7 Å². The van der Waals surface area contributed by atoms with Crippen molar-refractivity contribution in [2.45, 2.75) is 11.1 Å². The van der Waals surface area contributed by atoms with E-state index >= 15 is 0 Å². The number of alkyl halides is 3. The number of benzene rings is 1. The molecule has 0 aliphatic carbocycles. The second-order valence-corrected chi connectivity index (χ2v) is 5.61. The molecule has 3 nitrogen and oxygen atoms in total. The van der Waals surface area contributed by atoms with Crippen LogP contribution in [0.1, 0.15) is 5.56 Å². The maximum Gasteiger partial charge on any atom is 0.416 e. The molecule has 0 aromatic heterocycles. The van der Waals surface area contributed by atoms with E-state index in [1.54, 1.807) is 0 Å². The SMILES string of the molecule is CNS(=O)(=O)c1c(Cl)cc(C(F)(F)F)cc1Cl. The van der Waals surface area contributed by atoms with Gasteiger partial charge in [-0.3, -0.25) is 0 Å². The topological polar surface area (TPSA) is 46.2 Å². The minimum absolute atomic E-state index is 0.512. The first kappa shape index (κ1) is 14.6. The molecule has 0 radical (unpaired) electrons. The maximum absolute atomic E-state index is 12.4. The number of nitrogens with one attached hydrogen (secondary N) is 1. The van der Waals surface area contributed by atoms with Crippen LogP contribution >= 0.6 is 23.2 Å². The maximum atomic E-state index is 12.4. The van der Waals surface area contributed by atoms with Crippen molar-refractivity contribution in [3.05, 3.63) is 27.7 Å². The van der Waals surface area contributed by atoms with Crippen molar-refractivity contribution >= 4 is 33.2 Å². The molecule has 0 spiro atoms. The van der Waals surface area contributed by atoms with E-state index in [0.717, 1.165) is 7.05 Å². The highest BCUT2D eigenvalue weighted by Crippen LogP contribution is 2.37. The fourth-order valence-corrected chi connectivity index (χ4v) is 3.01. The number of rotatable bonds is 2. The first-order chi connectivity index (χ1) is 7.59. The molecule has 1 aromatic carbocycles. The molecule has 1 aromatic rings. The van der Waals surface area contributed by atoms with Gasteiger partial charge in [-0.25, -0.2) is 13.1 Å². The van der Waals surface area contributed by atoms with E-state index in [9.17, 15) is 21.6 Å². The van der Waals surface area contributed by atoms with Crippen LogP contribution < -0.4 is 4.72 Å². The third kappa shape index (κ3) is 3.04. The van der Waals surface area contributed by atoms with Gasteiger partial charge in [0.05, 0.1) is 15.6 Å². The Labute approximate surface area is 106 Å². The number of hydrogen-bond donors (Lipinski definition) is 1. The predicted octanol–water partition coefficient (Wildman–Crippen LogP) is 2.92. The summed E-state index contributed by atoms with van der Waals surface area (Å²) in [5, 5.41) is -1.17. The van der Waals surface area contributed by atoms with Gasteiger partial charge in [-0.1, -0.05) is 23.2 Å². The van der Waals surface area contributed by atoms with Crippen LogP contribution in [0.2, 0.25) is 10.0 Å². The molecule has 0 saturated carbocycles. The quantitative estimate of drug-likeness (QED) is 0.913. The molecule has 0 aliphatic rings. The Hall–Kier alpha value is -0.500. The summed E-state index contributed by atoms with van der Waals surface area (Å²) < 4.78 is 61.9. The van der Waals surface area contributed by atoms with E-state index in [-0.39, 0.29) is 0 Å². The molecule has 0 atom stereocenters. The van der Waals surface area contributed by atoms with Gasteiger partial charge in [0.1, 0.15) is 4.90 Å². The van der Waals surface area contributed by atoms with Crippen LogP contribution in [0.3, 0.4) is 0 Å². The van der Waals surface area contributed by atoms with E-state index in [2.05, 4.69) is 0 Å². The summed E-state index contributed by atoms with van der Waals surface area (Å²) in [6.45, 7) is 0. The van der Waals surface area contributed by atoms with Crippen molar-refractivity contribution in [1.82, 2.24) is 4.72 Å². The molecule has 0 heterocycles. The first-order valence-electron chi connectivity index (χ1n) is 4.09. The van der Waals surface area contributed by atoms with Gasteiger partial charge in [-0.2, -0.15) is 13.2 Å². The summed E-state index contributed by atoms with van der Waals surface area (Å²) in [5.74, 6) is 0. The highest BCUT2D eigenvalue weighted by atomic mass is 35.5. The summed E-state index contributed by atoms with van der Waals surface area (Å²) in [6.07, 6.45) is -4.64. The first-order valence-corrected chi connectivity index (χ1v) is 6.33.